The zero-order chi connectivity index (χ0) is 13.0. The number of aryl methyl sites for hydroxylation is 1. The minimum atomic E-state index is 0.665. The van der Waals surface area contributed by atoms with Crippen molar-refractivity contribution in [3.63, 3.8) is 0 Å². The van der Waals surface area contributed by atoms with Gasteiger partial charge in [-0.1, -0.05) is 44.4 Å². The third-order valence-electron chi connectivity index (χ3n) is 3.43. The van der Waals surface area contributed by atoms with Crippen molar-refractivity contribution >= 4 is 22.1 Å². The topological polar surface area (TPSA) is 52.0 Å². The maximum absolute atomic E-state index is 5.85. The molecule has 0 heterocycles. The van der Waals surface area contributed by atoms with Crippen LogP contribution in [0.4, 0.5) is 11.4 Å². The Morgan fingerprint density at radius 2 is 1.56 bits per heavy atom. The van der Waals surface area contributed by atoms with E-state index in [1.807, 2.05) is 12.1 Å². The molecule has 0 saturated heterocycles. The van der Waals surface area contributed by atoms with Crippen molar-refractivity contribution in [3.8, 4) is 0 Å². The molecule has 96 valence electrons. The summed E-state index contributed by atoms with van der Waals surface area (Å²) in [5.41, 5.74) is 14.4. The Hall–Kier alpha value is -1.70. The number of nitrogen functional groups attached to an aromatic ring is 2. The third kappa shape index (κ3) is 2.95. The first-order valence-corrected chi connectivity index (χ1v) is 6.78. The fourth-order valence-electron chi connectivity index (χ4n) is 2.29. The van der Waals surface area contributed by atoms with Crippen molar-refractivity contribution in [2.45, 2.75) is 39.0 Å². The molecule has 2 rings (SSSR count). The SMILES string of the molecule is CCCCCCc1ccc2cc(N)c(N)cc2c1. The van der Waals surface area contributed by atoms with Gasteiger partial charge in [-0.3, -0.25) is 0 Å². The van der Waals surface area contributed by atoms with Crippen LogP contribution >= 0.6 is 0 Å². The van der Waals surface area contributed by atoms with Crippen molar-refractivity contribution in [1.29, 1.82) is 0 Å². The number of rotatable bonds is 5. The Labute approximate surface area is 109 Å². The number of hydrogen-bond donors (Lipinski definition) is 2. The fraction of sp³-hybridized carbons (Fsp3) is 0.375. The third-order valence-corrected chi connectivity index (χ3v) is 3.43. The lowest BCUT2D eigenvalue weighted by molar-refractivity contribution is 0.667. The fourth-order valence-corrected chi connectivity index (χ4v) is 2.29. The Bertz CT molecular complexity index is 532. The predicted molar refractivity (Wildman–Crippen MR) is 80.6 cm³/mol. The molecule has 0 saturated carbocycles. The highest BCUT2D eigenvalue weighted by Gasteiger charge is 2.01. The second kappa shape index (κ2) is 5.76. The van der Waals surface area contributed by atoms with Gasteiger partial charge in [-0.25, -0.2) is 0 Å². The number of benzene rings is 2. The van der Waals surface area contributed by atoms with Gasteiger partial charge in [0.15, 0.2) is 0 Å². The van der Waals surface area contributed by atoms with Gasteiger partial charge in [0, 0.05) is 0 Å². The second-order valence-corrected chi connectivity index (χ2v) is 4.97. The smallest absolute Gasteiger partial charge is 0.0554 e. The minimum Gasteiger partial charge on any atom is -0.397 e. The molecule has 0 aliphatic rings. The molecule has 0 unspecified atom stereocenters. The molecule has 2 aromatic rings. The van der Waals surface area contributed by atoms with Crippen molar-refractivity contribution < 1.29 is 0 Å². The van der Waals surface area contributed by atoms with Gasteiger partial charge in [-0.05, 0) is 41.3 Å². The van der Waals surface area contributed by atoms with Crippen LogP contribution in [-0.4, -0.2) is 0 Å². The first-order valence-electron chi connectivity index (χ1n) is 6.78. The molecule has 0 spiro atoms. The van der Waals surface area contributed by atoms with Gasteiger partial charge in [-0.2, -0.15) is 0 Å². The molecule has 0 aliphatic heterocycles. The Morgan fingerprint density at radius 1 is 0.833 bits per heavy atom. The van der Waals surface area contributed by atoms with Gasteiger partial charge in [0.25, 0.3) is 0 Å². The normalized spacial score (nSPS) is 10.9. The summed E-state index contributed by atoms with van der Waals surface area (Å²) in [7, 11) is 0. The van der Waals surface area contributed by atoms with E-state index in [-0.39, 0.29) is 0 Å². The monoisotopic (exact) mass is 242 g/mol. The van der Waals surface area contributed by atoms with E-state index >= 15 is 0 Å². The van der Waals surface area contributed by atoms with Gasteiger partial charge in [0.2, 0.25) is 0 Å². The molecule has 0 amide bonds. The Balaban J connectivity index is 2.14. The van der Waals surface area contributed by atoms with E-state index in [9.17, 15) is 0 Å². The van der Waals surface area contributed by atoms with Crippen molar-refractivity contribution in [1.82, 2.24) is 0 Å². The van der Waals surface area contributed by atoms with Crippen LogP contribution in [0.15, 0.2) is 30.3 Å². The molecular weight excluding hydrogens is 220 g/mol. The number of fused-ring (bicyclic) bond motifs is 1. The number of hydrogen-bond acceptors (Lipinski definition) is 2. The van der Waals surface area contributed by atoms with Crippen LogP contribution in [0.3, 0.4) is 0 Å². The van der Waals surface area contributed by atoms with E-state index in [1.165, 1.54) is 42.0 Å². The Kier molecular flexibility index (Phi) is 4.08. The summed E-state index contributed by atoms with van der Waals surface area (Å²) in [6.45, 7) is 2.24. The van der Waals surface area contributed by atoms with E-state index in [4.69, 9.17) is 11.5 Å². The van der Waals surface area contributed by atoms with Crippen LogP contribution < -0.4 is 11.5 Å². The maximum atomic E-state index is 5.85. The summed E-state index contributed by atoms with van der Waals surface area (Å²) >= 11 is 0. The number of nitrogens with two attached hydrogens (primary N) is 2. The summed E-state index contributed by atoms with van der Waals surface area (Å²) in [6, 6.07) is 10.5. The highest BCUT2D eigenvalue weighted by atomic mass is 14.7. The lowest BCUT2D eigenvalue weighted by Crippen LogP contribution is -1.94. The predicted octanol–water partition coefficient (Wildman–Crippen LogP) is 4.13. The molecule has 0 radical (unpaired) electrons. The minimum absolute atomic E-state index is 0.665. The van der Waals surface area contributed by atoms with Gasteiger partial charge in [0.05, 0.1) is 11.4 Å². The largest absolute Gasteiger partial charge is 0.397 e. The summed E-state index contributed by atoms with van der Waals surface area (Å²) in [4.78, 5) is 0. The molecule has 18 heavy (non-hydrogen) atoms. The summed E-state index contributed by atoms with van der Waals surface area (Å²) in [5, 5.41) is 2.36. The molecule has 0 aromatic heterocycles. The van der Waals surface area contributed by atoms with E-state index in [1.54, 1.807) is 0 Å². The standard InChI is InChI=1S/C16H22N2/c1-2-3-4-5-6-12-7-8-13-10-15(17)16(18)11-14(13)9-12/h7-11H,2-6,17-18H2,1H3. The molecule has 0 fully saturated rings. The number of unbranched alkanes of at least 4 members (excludes halogenated alkanes) is 3. The van der Waals surface area contributed by atoms with Crippen LogP contribution in [-0.2, 0) is 6.42 Å². The quantitative estimate of drug-likeness (QED) is 0.612. The van der Waals surface area contributed by atoms with Gasteiger partial charge >= 0.3 is 0 Å². The molecule has 2 aromatic carbocycles. The molecular formula is C16H22N2. The van der Waals surface area contributed by atoms with Gasteiger partial charge in [0.1, 0.15) is 0 Å². The summed E-state index contributed by atoms with van der Waals surface area (Å²) in [5.74, 6) is 0. The second-order valence-electron chi connectivity index (χ2n) is 4.97. The van der Waals surface area contributed by atoms with E-state index in [0.717, 1.165) is 6.42 Å². The van der Waals surface area contributed by atoms with Crippen molar-refractivity contribution in [2.24, 2.45) is 0 Å². The lowest BCUT2D eigenvalue weighted by Gasteiger charge is -2.06. The average molecular weight is 242 g/mol. The number of anilines is 2. The van der Waals surface area contributed by atoms with Crippen LogP contribution in [0.1, 0.15) is 38.2 Å². The van der Waals surface area contributed by atoms with Crippen molar-refractivity contribution in [2.75, 3.05) is 11.5 Å². The molecule has 2 nitrogen and oxygen atoms in total. The van der Waals surface area contributed by atoms with Crippen LogP contribution in [0.25, 0.3) is 10.8 Å². The maximum Gasteiger partial charge on any atom is 0.0554 e. The van der Waals surface area contributed by atoms with Crippen LogP contribution in [0.2, 0.25) is 0 Å². The zero-order valence-corrected chi connectivity index (χ0v) is 11.1. The van der Waals surface area contributed by atoms with Crippen LogP contribution in [0.5, 0.6) is 0 Å². The molecule has 0 atom stereocenters. The molecule has 0 bridgehead atoms. The highest BCUT2D eigenvalue weighted by molar-refractivity contribution is 5.91. The van der Waals surface area contributed by atoms with Gasteiger partial charge < -0.3 is 11.5 Å². The lowest BCUT2D eigenvalue weighted by atomic mass is 10.0. The van der Waals surface area contributed by atoms with E-state index in [0.29, 0.717) is 11.4 Å². The van der Waals surface area contributed by atoms with Gasteiger partial charge in [-0.15, -0.1) is 0 Å². The summed E-state index contributed by atoms with van der Waals surface area (Å²) in [6.07, 6.45) is 6.35. The highest BCUT2D eigenvalue weighted by Crippen LogP contribution is 2.25. The average Bonchev–Trinajstić information content (AvgIpc) is 2.36. The molecule has 4 N–H and O–H groups in total. The molecule has 2 heteroatoms. The van der Waals surface area contributed by atoms with E-state index in [2.05, 4.69) is 25.1 Å². The first kappa shape index (κ1) is 12.7. The van der Waals surface area contributed by atoms with Crippen molar-refractivity contribution in [3.05, 3.63) is 35.9 Å². The molecule has 0 aliphatic carbocycles. The Morgan fingerprint density at radius 3 is 2.28 bits per heavy atom. The van der Waals surface area contributed by atoms with Crippen LogP contribution in [0, 0.1) is 0 Å². The van der Waals surface area contributed by atoms with E-state index < -0.39 is 0 Å². The first-order chi connectivity index (χ1) is 8.70. The summed E-state index contributed by atoms with van der Waals surface area (Å²) < 4.78 is 0. The zero-order valence-electron chi connectivity index (χ0n) is 11.1.